The van der Waals surface area contributed by atoms with E-state index in [1.54, 1.807) is 7.05 Å². The number of aliphatic imine (C=N–C) groups is 1. The fourth-order valence-corrected chi connectivity index (χ4v) is 3.00. The first-order chi connectivity index (χ1) is 14.0. The molecule has 1 fully saturated rings. The van der Waals surface area contributed by atoms with E-state index in [9.17, 15) is 14.3 Å². The van der Waals surface area contributed by atoms with Crippen molar-refractivity contribution < 1.29 is 19.0 Å². The highest BCUT2D eigenvalue weighted by Gasteiger charge is 2.21. The van der Waals surface area contributed by atoms with Crippen LogP contribution in [0.1, 0.15) is 19.8 Å². The average molecular weight is 537 g/mol. The van der Waals surface area contributed by atoms with Crippen molar-refractivity contribution in [3.63, 3.8) is 0 Å². The van der Waals surface area contributed by atoms with Crippen molar-refractivity contribution in [2.24, 2.45) is 4.99 Å². The van der Waals surface area contributed by atoms with Gasteiger partial charge in [0.15, 0.2) is 5.96 Å². The molecule has 1 atom stereocenters. The Hall–Kier alpha value is -1.66. The Morgan fingerprint density at radius 2 is 2.00 bits per heavy atom. The van der Waals surface area contributed by atoms with E-state index < -0.39 is 6.10 Å². The van der Waals surface area contributed by atoms with Gasteiger partial charge in [0, 0.05) is 32.7 Å². The van der Waals surface area contributed by atoms with E-state index in [1.807, 2.05) is 6.92 Å². The minimum Gasteiger partial charge on any atom is -0.491 e. The van der Waals surface area contributed by atoms with E-state index in [0.717, 1.165) is 25.9 Å². The molecule has 4 N–H and O–H groups in total. The average Bonchev–Trinajstić information content (AvgIpc) is 2.73. The number of piperidine rings is 1. The molecule has 0 aromatic heterocycles. The van der Waals surface area contributed by atoms with Crippen molar-refractivity contribution in [3.8, 4) is 5.75 Å². The standard InChI is InChI=1S/C20H32FN5O3.HI/c1-3-23-20(25-16-8-10-26(11-9-16)13-19(28)22-2)24-12-17(27)14-29-18-6-4-15(21)5-7-18;/h4-7,16-17,27H,3,8-14H2,1-2H3,(H,22,28)(H2,23,24,25);1H. The molecule has 0 aliphatic carbocycles. The Morgan fingerprint density at radius 3 is 2.60 bits per heavy atom. The fraction of sp³-hybridized carbons (Fsp3) is 0.600. The summed E-state index contributed by atoms with van der Waals surface area (Å²) in [4.78, 5) is 18.1. The molecule has 0 saturated carbocycles. The zero-order valence-corrected chi connectivity index (χ0v) is 19.9. The van der Waals surface area contributed by atoms with E-state index in [1.165, 1.54) is 24.3 Å². The van der Waals surface area contributed by atoms with Crippen LogP contribution in [0.5, 0.6) is 5.75 Å². The number of ether oxygens (including phenoxy) is 1. The molecule has 1 amide bonds. The minimum absolute atomic E-state index is 0. The summed E-state index contributed by atoms with van der Waals surface area (Å²) < 4.78 is 18.3. The molecule has 0 spiro atoms. The summed E-state index contributed by atoms with van der Waals surface area (Å²) in [7, 11) is 1.65. The largest absolute Gasteiger partial charge is 0.491 e. The summed E-state index contributed by atoms with van der Waals surface area (Å²) >= 11 is 0. The normalized spacial score (nSPS) is 16.3. The minimum atomic E-state index is -0.773. The molecule has 1 aromatic rings. The number of likely N-dealkylation sites (tertiary alicyclic amines) is 1. The number of rotatable bonds is 9. The molecular formula is C20H33FIN5O3. The van der Waals surface area contributed by atoms with Crippen LogP contribution in [0.25, 0.3) is 0 Å². The van der Waals surface area contributed by atoms with Gasteiger partial charge in [0.05, 0.1) is 13.1 Å². The predicted octanol–water partition coefficient (Wildman–Crippen LogP) is 0.949. The zero-order valence-electron chi connectivity index (χ0n) is 17.6. The monoisotopic (exact) mass is 537 g/mol. The van der Waals surface area contributed by atoms with Crippen LogP contribution in [-0.2, 0) is 4.79 Å². The lowest BCUT2D eigenvalue weighted by Gasteiger charge is -2.32. The van der Waals surface area contributed by atoms with Gasteiger partial charge in [0.2, 0.25) is 5.91 Å². The van der Waals surface area contributed by atoms with Crippen LogP contribution >= 0.6 is 24.0 Å². The number of halogens is 2. The van der Waals surface area contributed by atoms with Gasteiger partial charge in [-0.3, -0.25) is 14.7 Å². The molecule has 1 unspecified atom stereocenters. The molecule has 30 heavy (non-hydrogen) atoms. The van der Waals surface area contributed by atoms with Crippen LogP contribution in [0.15, 0.2) is 29.3 Å². The summed E-state index contributed by atoms with van der Waals surface area (Å²) in [6.07, 6.45) is 1.06. The summed E-state index contributed by atoms with van der Waals surface area (Å²) in [6, 6.07) is 5.93. The molecule has 0 bridgehead atoms. The van der Waals surface area contributed by atoms with Crippen LogP contribution in [0.3, 0.4) is 0 Å². The van der Waals surface area contributed by atoms with Gasteiger partial charge in [0.1, 0.15) is 24.3 Å². The van der Waals surface area contributed by atoms with Crippen LogP contribution in [0, 0.1) is 5.82 Å². The predicted molar refractivity (Wildman–Crippen MR) is 126 cm³/mol. The van der Waals surface area contributed by atoms with Gasteiger partial charge >= 0.3 is 0 Å². The number of aliphatic hydroxyl groups excluding tert-OH is 1. The number of nitrogens with zero attached hydrogens (tertiary/aromatic N) is 2. The number of likely N-dealkylation sites (N-methyl/N-ethyl adjacent to an activating group) is 1. The van der Waals surface area contributed by atoms with Crippen molar-refractivity contribution >= 4 is 35.8 Å². The van der Waals surface area contributed by atoms with Gasteiger partial charge < -0.3 is 25.8 Å². The van der Waals surface area contributed by atoms with Crippen molar-refractivity contribution in [1.82, 2.24) is 20.9 Å². The van der Waals surface area contributed by atoms with E-state index in [4.69, 9.17) is 4.74 Å². The van der Waals surface area contributed by atoms with Gasteiger partial charge in [-0.1, -0.05) is 0 Å². The Morgan fingerprint density at radius 1 is 1.33 bits per heavy atom. The molecule has 1 aromatic carbocycles. The van der Waals surface area contributed by atoms with Crippen LogP contribution in [0.2, 0.25) is 0 Å². The molecule has 8 nitrogen and oxygen atoms in total. The third kappa shape index (κ3) is 9.90. The molecule has 1 aliphatic rings. The third-order valence-corrected chi connectivity index (χ3v) is 4.63. The third-order valence-electron chi connectivity index (χ3n) is 4.63. The number of carbonyl (C=O) groups excluding carboxylic acids is 1. The number of benzene rings is 1. The van der Waals surface area contributed by atoms with Crippen molar-refractivity contribution in [3.05, 3.63) is 30.1 Å². The maximum absolute atomic E-state index is 12.9. The first-order valence-corrected chi connectivity index (χ1v) is 10.0. The number of hydrogen-bond acceptors (Lipinski definition) is 5. The van der Waals surface area contributed by atoms with Gasteiger partial charge in [-0.15, -0.1) is 24.0 Å². The molecule has 1 heterocycles. The number of nitrogens with one attached hydrogen (secondary N) is 3. The first kappa shape index (κ1) is 26.4. The summed E-state index contributed by atoms with van der Waals surface area (Å²) in [5.74, 6) is 0.854. The van der Waals surface area contributed by atoms with Crippen LogP contribution < -0.4 is 20.7 Å². The topological polar surface area (TPSA) is 98.2 Å². The Labute approximate surface area is 194 Å². The lowest BCUT2D eigenvalue weighted by Crippen LogP contribution is -2.50. The Bertz CT molecular complexity index is 654. The molecule has 10 heteroatoms. The van der Waals surface area contributed by atoms with Gasteiger partial charge in [-0.25, -0.2) is 4.39 Å². The van der Waals surface area contributed by atoms with Crippen LogP contribution in [0.4, 0.5) is 4.39 Å². The highest BCUT2D eigenvalue weighted by Crippen LogP contribution is 2.12. The zero-order chi connectivity index (χ0) is 21.1. The highest BCUT2D eigenvalue weighted by atomic mass is 127. The van der Waals surface area contributed by atoms with E-state index >= 15 is 0 Å². The van der Waals surface area contributed by atoms with E-state index in [2.05, 4.69) is 25.8 Å². The quantitative estimate of drug-likeness (QED) is 0.213. The SMILES string of the molecule is CCNC(=NCC(O)COc1ccc(F)cc1)NC1CCN(CC(=O)NC)CC1.I. The number of amides is 1. The number of hydrogen-bond donors (Lipinski definition) is 4. The summed E-state index contributed by atoms with van der Waals surface area (Å²) in [6.45, 7) is 5.08. The summed E-state index contributed by atoms with van der Waals surface area (Å²) in [5, 5.41) is 19.4. The fourth-order valence-electron chi connectivity index (χ4n) is 3.00. The molecule has 1 saturated heterocycles. The maximum atomic E-state index is 12.9. The second-order valence-electron chi connectivity index (χ2n) is 7.01. The number of carbonyl (C=O) groups is 1. The molecule has 1 aliphatic heterocycles. The lowest BCUT2D eigenvalue weighted by molar-refractivity contribution is -0.122. The molecule has 170 valence electrons. The van der Waals surface area contributed by atoms with E-state index in [-0.39, 0.29) is 54.9 Å². The van der Waals surface area contributed by atoms with Crippen molar-refractivity contribution in [2.45, 2.75) is 31.9 Å². The van der Waals surface area contributed by atoms with Crippen LogP contribution in [-0.4, -0.2) is 80.4 Å². The van der Waals surface area contributed by atoms with Crippen molar-refractivity contribution in [2.75, 3.05) is 46.4 Å². The summed E-state index contributed by atoms with van der Waals surface area (Å²) in [5.41, 5.74) is 0. The number of guanidine groups is 1. The highest BCUT2D eigenvalue weighted by molar-refractivity contribution is 14.0. The molecular weight excluding hydrogens is 504 g/mol. The lowest BCUT2D eigenvalue weighted by atomic mass is 10.1. The van der Waals surface area contributed by atoms with Gasteiger partial charge in [-0.2, -0.15) is 0 Å². The smallest absolute Gasteiger partial charge is 0.233 e. The Kier molecular flexibility index (Phi) is 12.6. The first-order valence-electron chi connectivity index (χ1n) is 10.0. The Balaban J connectivity index is 0.00000450. The maximum Gasteiger partial charge on any atom is 0.233 e. The van der Waals surface area contributed by atoms with E-state index in [0.29, 0.717) is 24.8 Å². The molecule has 2 rings (SSSR count). The van der Waals surface area contributed by atoms with Crippen molar-refractivity contribution in [1.29, 1.82) is 0 Å². The second-order valence-corrected chi connectivity index (χ2v) is 7.01. The number of aliphatic hydroxyl groups is 1. The van der Waals surface area contributed by atoms with Gasteiger partial charge in [0.25, 0.3) is 0 Å². The second kappa shape index (κ2) is 14.4. The molecule has 0 radical (unpaired) electrons. The van der Waals surface area contributed by atoms with Gasteiger partial charge in [-0.05, 0) is 44.0 Å².